The summed E-state index contributed by atoms with van der Waals surface area (Å²) in [5.41, 5.74) is 3.84. The summed E-state index contributed by atoms with van der Waals surface area (Å²) in [6.45, 7) is 3.70. The zero-order valence-corrected chi connectivity index (χ0v) is 21.5. The second kappa shape index (κ2) is 11.6. The molecule has 0 spiro atoms. The average molecular weight is 516 g/mol. The van der Waals surface area contributed by atoms with E-state index in [1.165, 1.54) is 16.0 Å². The minimum Gasteiger partial charge on any atom is -0.353 e. The van der Waals surface area contributed by atoms with Gasteiger partial charge < -0.3 is 20.9 Å². The quantitative estimate of drug-likeness (QED) is 0.353. The van der Waals surface area contributed by atoms with Crippen LogP contribution in [0.3, 0.4) is 0 Å². The molecule has 0 radical (unpaired) electrons. The summed E-state index contributed by atoms with van der Waals surface area (Å²) in [6.07, 6.45) is 5.61. The van der Waals surface area contributed by atoms with Gasteiger partial charge in [-0.05, 0) is 62.6 Å². The van der Waals surface area contributed by atoms with Crippen LogP contribution in [0.15, 0.2) is 60.9 Å². The van der Waals surface area contributed by atoms with E-state index in [9.17, 15) is 14.4 Å². The van der Waals surface area contributed by atoms with Crippen LogP contribution in [0.4, 0.5) is 0 Å². The van der Waals surface area contributed by atoms with Gasteiger partial charge in [-0.25, -0.2) is 4.68 Å². The molecule has 198 valence electrons. The molecular formula is C28H33N7O3. The van der Waals surface area contributed by atoms with Crippen LogP contribution in [0.5, 0.6) is 0 Å². The second-order valence-corrected chi connectivity index (χ2v) is 9.99. The van der Waals surface area contributed by atoms with Crippen molar-refractivity contribution in [3.8, 4) is 5.69 Å². The molecule has 2 aliphatic rings. The molecule has 1 aliphatic heterocycles. The number of nitrogens with one attached hydrogen (secondary N) is 3. The van der Waals surface area contributed by atoms with E-state index in [1.54, 1.807) is 41.3 Å². The van der Waals surface area contributed by atoms with Crippen LogP contribution >= 0.6 is 0 Å². The van der Waals surface area contributed by atoms with Crippen molar-refractivity contribution in [2.24, 2.45) is 0 Å². The second-order valence-electron chi connectivity index (χ2n) is 9.99. The van der Waals surface area contributed by atoms with E-state index >= 15 is 0 Å². The Morgan fingerprint density at radius 2 is 1.92 bits per heavy atom. The highest BCUT2D eigenvalue weighted by Crippen LogP contribution is 2.40. The maximum atomic E-state index is 13.3. The van der Waals surface area contributed by atoms with E-state index < -0.39 is 6.04 Å². The molecule has 2 heterocycles. The van der Waals surface area contributed by atoms with Gasteiger partial charge >= 0.3 is 0 Å². The Labute approximate surface area is 221 Å². The highest BCUT2D eigenvalue weighted by atomic mass is 16.2. The van der Waals surface area contributed by atoms with Gasteiger partial charge in [0.05, 0.1) is 24.6 Å². The monoisotopic (exact) mass is 515 g/mol. The molecule has 0 bridgehead atoms. The first-order valence-electron chi connectivity index (χ1n) is 13.1. The SMILES string of the molecule is Cc1ccc([C@@H]2C[C@H]2NCCC[C@H](NC(=O)c2ccc(-n3ccnn3)cc2)C(=O)N2CCNC(=O)C2)cc1. The van der Waals surface area contributed by atoms with Gasteiger partial charge in [0, 0.05) is 30.6 Å². The topological polar surface area (TPSA) is 121 Å². The van der Waals surface area contributed by atoms with Gasteiger partial charge in [0.2, 0.25) is 11.8 Å². The summed E-state index contributed by atoms with van der Waals surface area (Å²) in [5.74, 6) is -0.211. The summed E-state index contributed by atoms with van der Waals surface area (Å²) in [6, 6.07) is 15.4. The van der Waals surface area contributed by atoms with Crippen molar-refractivity contribution in [1.29, 1.82) is 0 Å². The van der Waals surface area contributed by atoms with Crippen molar-refractivity contribution in [3.05, 3.63) is 77.6 Å². The number of nitrogens with zero attached hydrogens (tertiary/aromatic N) is 4. The summed E-state index contributed by atoms with van der Waals surface area (Å²) in [7, 11) is 0. The Morgan fingerprint density at radius 3 is 2.63 bits per heavy atom. The van der Waals surface area contributed by atoms with Crippen LogP contribution in [0.25, 0.3) is 5.69 Å². The molecule has 2 fully saturated rings. The molecule has 5 rings (SSSR count). The lowest BCUT2D eigenvalue weighted by Crippen LogP contribution is -2.56. The van der Waals surface area contributed by atoms with E-state index in [4.69, 9.17) is 0 Å². The third-order valence-corrected chi connectivity index (χ3v) is 7.14. The van der Waals surface area contributed by atoms with Gasteiger partial charge in [-0.2, -0.15) is 0 Å². The van der Waals surface area contributed by atoms with Crippen LogP contribution in [0.1, 0.15) is 46.7 Å². The molecule has 1 saturated heterocycles. The lowest BCUT2D eigenvalue weighted by Gasteiger charge is -2.30. The fourth-order valence-electron chi connectivity index (χ4n) is 4.85. The number of hydrogen-bond donors (Lipinski definition) is 3. The summed E-state index contributed by atoms with van der Waals surface area (Å²) in [4.78, 5) is 39.8. The molecule has 3 N–H and O–H groups in total. The number of carbonyl (C=O) groups excluding carboxylic acids is 3. The molecule has 2 aromatic carbocycles. The van der Waals surface area contributed by atoms with Gasteiger partial charge in [0.1, 0.15) is 6.04 Å². The van der Waals surface area contributed by atoms with Gasteiger partial charge in [0.15, 0.2) is 0 Å². The van der Waals surface area contributed by atoms with Crippen molar-refractivity contribution < 1.29 is 14.4 Å². The molecule has 1 aromatic heterocycles. The molecule has 10 nitrogen and oxygen atoms in total. The maximum Gasteiger partial charge on any atom is 0.251 e. The lowest BCUT2D eigenvalue weighted by molar-refractivity contribution is -0.139. The number of hydrogen-bond acceptors (Lipinski definition) is 6. The van der Waals surface area contributed by atoms with Crippen LogP contribution < -0.4 is 16.0 Å². The Balaban J connectivity index is 1.17. The number of amides is 3. The molecular weight excluding hydrogens is 482 g/mol. The fraction of sp³-hybridized carbons (Fsp3) is 0.393. The Kier molecular flexibility index (Phi) is 7.78. The first kappa shape index (κ1) is 25.6. The van der Waals surface area contributed by atoms with Gasteiger partial charge in [-0.1, -0.05) is 35.0 Å². The number of aromatic nitrogens is 3. The van der Waals surface area contributed by atoms with Crippen LogP contribution in [-0.2, 0) is 9.59 Å². The normalized spacial score (nSPS) is 19.5. The first-order valence-corrected chi connectivity index (χ1v) is 13.1. The third-order valence-electron chi connectivity index (χ3n) is 7.14. The summed E-state index contributed by atoms with van der Waals surface area (Å²) >= 11 is 0. The number of piperazine rings is 1. The Hall–Kier alpha value is -4.05. The minimum absolute atomic E-state index is 0.0103. The number of aryl methyl sites for hydroxylation is 1. The molecule has 1 aliphatic carbocycles. The van der Waals surface area contributed by atoms with Crippen molar-refractivity contribution in [3.63, 3.8) is 0 Å². The highest BCUT2D eigenvalue weighted by molar-refractivity contribution is 5.98. The van der Waals surface area contributed by atoms with Gasteiger partial charge in [0.25, 0.3) is 5.91 Å². The molecule has 10 heteroatoms. The highest BCUT2D eigenvalue weighted by Gasteiger charge is 2.37. The maximum absolute atomic E-state index is 13.3. The van der Waals surface area contributed by atoms with Gasteiger partial charge in [-0.15, -0.1) is 5.10 Å². The van der Waals surface area contributed by atoms with Crippen molar-refractivity contribution in [1.82, 2.24) is 35.8 Å². The van der Waals surface area contributed by atoms with Crippen LogP contribution in [0, 0.1) is 6.92 Å². The van der Waals surface area contributed by atoms with Crippen LogP contribution in [-0.4, -0.2) is 75.9 Å². The van der Waals surface area contributed by atoms with Crippen LogP contribution in [0.2, 0.25) is 0 Å². The first-order chi connectivity index (χ1) is 18.5. The average Bonchev–Trinajstić information content (AvgIpc) is 3.49. The Bertz CT molecular complexity index is 1260. The zero-order chi connectivity index (χ0) is 26.5. The van der Waals surface area contributed by atoms with Crippen molar-refractivity contribution in [2.75, 3.05) is 26.2 Å². The summed E-state index contributed by atoms with van der Waals surface area (Å²) < 4.78 is 1.60. The van der Waals surface area contributed by atoms with E-state index in [0.29, 0.717) is 37.0 Å². The Morgan fingerprint density at radius 1 is 1.13 bits per heavy atom. The fourth-order valence-corrected chi connectivity index (χ4v) is 4.85. The van der Waals surface area contributed by atoms with E-state index in [2.05, 4.69) is 57.5 Å². The minimum atomic E-state index is -0.711. The molecule has 1 saturated carbocycles. The molecule has 3 atom stereocenters. The predicted octanol–water partition coefficient (Wildman–Crippen LogP) is 1.56. The smallest absolute Gasteiger partial charge is 0.251 e. The molecule has 0 unspecified atom stereocenters. The largest absolute Gasteiger partial charge is 0.353 e. The van der Waals surface area contributed by atoms with Crippen molar-refractivity contribution in [2.45, 2.75) is 44.2 Å². The van der Waals surface area contributed by atoms with E-state index in [1.807, 2.05) is 0 Å². The summed E-state index contributed by atoms with van der Waals surface area (Å²) in [5, 5.41) is 17.0. The molecule has 3 amide bonds. The van der Waals surface area contributed by atoms with Gasteiger partial charge in [-0.3, -0.25) is 14.4 Å². The number of rotatable bonds is 10. The zero-order valence-electron chi connectivity index (χ0n) is 21.5. The standard InChI is InChI=1S/C28H33N7O3/c1-19-4-6-20(7-5-19)23-17-25(23)29-12-2-3-24(28(38)34-15-13-30-26(36)18-34)32-27(37)21-8-10-22(11-9-21)35-16-14-31-33-35/h4-11,14,16,23-25,29H,2-3,12-13,15,17-18H2,1H3,(H,30,36)(H,32,37)/t23-,24-,25+/m0/s1. The number of carbonyl (C=O) groups is 3. The predicted molar refractivity (Wildman–Crippen MR) is 142 cm³/mol. The molecule has 3 aromatic rings. The van der Waals surface area contributed by atoms with E-state index in [-0.39, 0.29) is 24.3 Å². The third kappa shape index (κ3) is 6.25. The molecule has 38 heavy (non-hydrogen) atoms. The van der Waals surface area contributed by atoms with E-state index in [0.717, 1.165) is 25.1 Å². The lowest BCUT2D eigenvalue weighted by atomic mass is 10.1. The van der Waals surface area contributed by atoms with Crippen molar-refractivity contribution >= 4 is 17.7 Å². The number of benzene rings is 2.